The maximum absolute atomic E-state index is 12.5. The van der Waals surface area contributed by atoms with Crippen LogP contribution in [0.3, 0.4) is 0 Å². The average molecular weight is 497 g/mol. The molecule has 0 saturated carbocycles. The zero-order chi connectivity index (χ0) is 23.0. The summed E-state index contributed by atoms with van der Waals surface area (Å²) in [5, 5.41) is 3.68. The van der Waals surface area contributed by atoms with Crippen molar-refractivity contribution in [1.29, 1.82) is 0 Å². The number of carbonyl (C=O) groups excluding carboxylic acids is 2. The lowest BCUT2D eigenvalue weighted by Crippen LogP contribution is -2.30. The second kappa shape index (κ2) is 11.6. The second-order valence-electron chi connectivity index (χ2n) is 7.67. The highest BCUT2D eigenvalue weighted by molar-refractivity contribution is 8.00. The van der Waals surface area contributed by atoms with Gasteiger partial charge in [0.05, 0.1) is 5.75 Å². The van der Waals surface area contributed by atoms with Crippen LogP contribution >= 0.6 is 35.1 Å². The Morgan fingerprint density at radius 1 is 1.03 bits per heavy atom. The van der Waals surface area contributed by atoms with Crippen molar-refractivity contribution in [3.05, 3.63) is 101 Å². The molecule has 1 aliphatic rings. The maximum Gasteiger partial charge on any atom is 0.251 e. The highest BCUT2D eigenvalue weighted by atomic mass is 35.5. The summed E-state index contributed by atoms with van der Waals surface area (Å²) >= 11 is 9.22. The van der Waals surface area contributed by atoms with Gasteiger partial charge in [0.15, 0.2) is 0 Å². The quantitative estimate of drug-likeness (QED) is 0.306. The van der Waals surface area contributed by atoms with Crippen LogP contribution in [0, 0.1) is 0 Å². The van der Waals surface area contributed by atoms with Crippen LogP contribution in [-0.2, 0) is 11.2 Å². The standard InChI is InChI=1S/C26H25ClN2O2S2/c27-22-10-12-23(13-11-22)32-17-15-28-25(31)20-6-8-21(9-7-20)26-29(24(30)18-33-26)16-14-19-4-2-1-3-5-19/h1-13,26H,14-18H2,(H,28,31)/t26-/m0/s1. The number of hydrogen-bond donors (Lipinski definition) is 1. The molecule has 4 rings (SSSR count). The number of benzene rings is 3. The molecule has 170 valence electrons. The third-order valence-corrected chi connectivity index (χ3v) is 7.90. The number of nitrogens with one attached hydrogen (secondary N) is 1. The van der Waals surface area contributed by atoms with Crippen molar-refractivity contribution in [3.63, 3.8) is 0 Å². The number of halogens is 1. The molecule has 0 aromatic heterocycles. The summed E-state index contributed by atoms with van der Waals surface area (Å²) in [7, 11) is 0. The van der Waals surface area contributed by atoms with E-state index in [1.165, 1.54) is 5.56 Å². The van der Waals surface area contributed by atoms with Gasteiger partial charge in [-0.15, -0.1) is 23.5 Å². The van der Waals surface area contributed by atoms with Crippen LogP contribution < -0.4 is 5.32 Å². The van der Waals surface area contributed by atoms with E-state index in [1.807, 2.05) is 71.6 Å². The molecule has 0 radical (unpaired) electrons. The first-order valence-electron chi connectivity index (χ1n) is 10.8. The maximum atomic E-state index is 12.5. The summed E-state index contributed by atoms with van der Waals surface area (Å²) in [6.45, 7) is 1.27. The van der Waals surface area contributed by atoms with Crippen LogP contribution in [0.1, 0.15) is 26.9 Å². The summed E-state index contributed by atoms with van der Waals surface area (Å²) in [5.74, 6) is 1.35. The Labute approximate surface area is 208 Å². The van der Waals surface area contributed by atoms with Gasteiger partial charge in [-0.1, -0.05) is 54.1 Å². The molecule has 0 spiro atoms. The van der Waals surface area contributed by atoms with E-state index < -0.39 is 0 Å². The van der Waals surface area contributed by atoms with Gasteiger partial charge in [-0.05, 0) is 53.9 Å². The van der Waals surface area contributed by atoms with Crippen molar-refractivity contribution >= 4 is 46.9 Å². The number of rotatable bonds is 9. The molecular formula is C26H25ClN2O2S2. The summed E-state index contributed by atoms with van der Waals surface area (Å²) in [6.07, 6.45) is 0.832. The monoisotopic (exact) mass is 496 g/mol. The fourth-order valence-electron chi connectivity index (χ4n) is 3.63. The molecule has 3 aromatic carbocycles. The second-order valence-corrected chi connectivity index (χ2v) is 10.3. The Morgan fingerprint density at radius 3 is 2.48 bits per heavy atom. The lowest BCUT2D eigenvalue weighted by Gasteiger charge is -2.24. The van der Waals surface area contributed by atoms with Gasteiger partial charge in [-0.3, -0.25) is 9.59 Å². The van der Waals surface area contributed by atoms with E-state index in [1.54, 1.807) is 23.5 Å². The predicted molar refractivity (Wildman–Crippen MR) is 138 cm³/mol. The zero-order valence-electron chi connectivity index (χ0n) is 18.1. The largest absolute Gasteiger partial charge is 0.351 e. The van der Waals surface area contributed by atoms with Gasteiger partial charge in [0.25, 0.3) is 5.91 Å². The van der Waals surface area contributed by atoms with E-state index in [-0.39, 0.29) is 17.2 Å². The number of amides is 2. The van der Waals surface area contributed by atoms with Gasteiger partial charge in [-0.25, -0.2) is 0 Å². The van der Waals surface area contributed by atoms with Crippen molar-refractivity contribution in [2.24, 2.45) is 0 Å². The van der Waals surface area contributed by atoms with Crippen molar-refractivity contribution in [3.8, 4) is 0 Å². The molecule has 7 heteroatoms. The molecule has 1 fully saturated rings. The van der Waals surface area contributed by atoms with E-state index in [2.05, 4.69) is 17.4 Å². The lowest BCUT2D eigenvalue weighted by molar-refractivity contribution is -0.128. The number of carbonyl (C=O) groups is 2. The smallest absolute Gasteiger partial charge is 0.251 e. The molecule has 1 N–H and O–H groups in total. The Balaban J connectivity index is 1.28. The van der Waals surface area contributed by atoms with E-state index in [9.17, 15) is 9.59 Å². The molecule has 3 aromatic rings. The van der Waals surface area contributed by atoms with Gasteiger partial charge in [0.2, 0.25) is 5.91 Å². The first-order valence-corrected chi connectivity index (χ1v) is 13.2. The SMILES string of the molecule is O=C(NCCSc1ccc(Cl)cc1)c1ccc([C@@H]2SCC(=O)N2CCc2ccccc2)cc1. The Morgan fingerprint density at radius 2 is 1.76 bits per heavy atom. The minimum atomic E-state index is -0.0886. The van der Waals surface area contributed by atoms with Gasteiger partial charge < -0.3 is 10.2 Å². The summed E-state index contributed by atoms with van der Waals surface area (Å²) in [4.78, 5) is 28.0. The average Bonchev–Trinajstić information content (AvgIpc) is 3.22. The number of thioether (sulfide) groups is 2. The van der Waals surface area contributed by atoms with E-state index >= 15 is 0 Å². The van der Waals surface area contributed by atoms with Gasteiger partial charge in [-0.2, -0.15) is 0 Å². The Hall–Kier alpha value is -2.41. The zero-order valence-corrected chi connectivity index (χ0v) is 20.5. The van der Waals surface area contributed by atoms with Crippen molar-refractivity contribution < 1.29 is 9.59 Å². The van der Waals surface area contributed by atoms with Gasteiger partial charge in [0.1, 0.15) is 5.37 Å². The topological polar surface area (TPSA) is 49.4 Å². The van der Waals surface area contributed by atoms with Crippen LogP contribution in [-0.4, -0.2) is 41.3 Å². The summed E-state index contributed by atoms with van der Waals surface area (Å²) in [6, 6.07) is 25.5. The Bertz CT molecular complexity index is 1080. The molecule has 2 amide bonds. The molecule has 0 aliphatic carbocycles. The number of nitrogens with zero attached hydrogens (tertiary/aromatic N) is 1. The molecular weight excluding hydrogens is 472 g/mol. The lowest BCUT2D eigenvalue weighted by atomic mass is 10.1. The highest BCUT2D eigenvalue weighted by Crippen LogP contribution is 2.38. The first kappa shape index (κ1) is 23.7. The van der Waals surface area contributed by atoms with Crippen LogP contribution in [0.5, 0.6) is 0 Å². The summed E-state index contributed by atoms with van der Waals surface area (Å²) < 4.78 is 0. The Kier molecular flexibility index (Phi) is 8.37. The molecule has 0 bridgehead atoms. The summed E-state index contributed by atoms with van der Waals surface area (Å²) in [5.41, 5.74) is 2.90. The molecule has 1 saturated heterocycles. The van der Waals surface area contributed by atoms with Gasteiger partial charge in [0, 0.05) is 34.3 Å². The van der Waals surface area contributed by atoms with Crippen molar-refractivity contribution in [2.45, 2.75) is 16.7 Å². The first-order chi connectivity index (χ1) is 16.1. The van der Waals surface area contributed by atoms with Crippen molar-refractivity contribution in [2.75, 3.05) is 24.6 Å². The molecule has 33 heavy (non-hydrogen) atoms. The van der Waals surface area contributed by atoms with Gasteiger partial charge >= 0.3 is 0 Å². The molecule has 1 atom stereocenters. The fourth-order valence-corrected chi connectivity index (χ4v) is 5.74. The van der Waals surface area contributed by atoms with Crippen molar-refractivity contribution in [1.82, 2.24) is 10.2 Å². The third kappa shape index (κ3) is 6.56. The highest BCUT2D eigenvalue weighted by Gasteiger charge is 2.32. The third-order valence-electron chi connectivity index (χ3n) is 5.38. The number of hydrogen-bond acceptors (Lipinski definition) is 4. The van der Waals surface area contributed by atoms with E-state index in [0.717, 1.165) is 27.7 Å². The normalized spacial score (nSPS) is 15.6. The van der Waals surface area contributed by atoms with Crippen LogP contribution in [0.2, 0.25) is 5.02 Å². The molecule has 0 unspecified atom stereocenters. The van der Waals surface area contributed by atoms with E-state index in [4.69, 9.17) is 11.6 Å². The molecule has 1 aliphatic heterocycles. The molecule has 4 nitrogen and oxygen atoms in total. The van der Waals surface area contributed by atoms with Crippen LogP contribution in [0.15, 0.2) is 83.8 Å². The predicted octanol–water partition coefficient (Wildman–Crippen LogP) is 5.68. The van der Waals surface area contributed by atoms with Crippen LogP contribution in [0.4, 0.5) is 0 Å². The minimum absolute atomic E-state index is 0.00546. The van der Waals surface area contributed by atoms with Crippen LogP contribution in [0.25, 0.3) is 0 Å². The molecule has 1 heterocycles. The fraction of sp³-hybridized carbons (Fsp3) is 0.231. The minimum Gasteiger partial charge on any atom is -0.351 e. The van der Waals surface area contributed by atoms with E-state index in [0.29, 0.717) is 24.4 Å².